The lowest BCUT2D eigenvalue weighted by atomic mass is 9.87. The van der Waals surface area contributed by atoms with Crippen LogP contribution in [0.3, 0.4) is 0 Å². The molecule has 3 fully saturated rings. The van der Waals surface area contributed by atoms with Gasteiger partial charge < -0.3 is 10.6 Å². The SMILES string of the molecule is CN=CC(=CN)c1cc(-c2ccc(N3CC4CC(C3)N4Cc3ccc(S(C)(=O)=O)cn3)nc2)c2c(C#N)cnn2c1. The molecule has 7 rings (SSSR count). The van der Waals surface area contributed by atoms with E-state index >= 15 is 0 Å². The van der Waals surface area contributed by atoms with Crippen LogP contribution in [0.2, 0.25) is 0 Å². The number of aromatic nitrogens is 4. The molecule has 2 atom stereocenters. The Morgan fingerprint density at radius 2 is 1.98 bits per heavy atom. The van der Waals surface area contributed by atoms with Gasteiger partial charge >= 0.3 is 0 Å². The number of aliphatic imine (C=N–C) groups is 1. The van der Waals surface area contributed by atoms with E-state index in [9.17, 15) is 13.7 Å². The summed E-state index contributed by atoms with van der Waals surface area (Å²) in [6.45, 7) is 2.40. The summed E-state index contributed by atoms with van der Waals surface area (Å²) in [4.78, 5) is 18.3. The summed E-state index contributed by atoms with van der Waals surface area (Å²) >= 11 is 0. The largest absolute Gasteiger partial charge is 0.404 e. The molecule has 4 aromatic rings. The number of allylic oxidation sites excluding steroid dienone is 1. The van der Waals surface area contributed by atoms with Gasteiger partial charge in [-0.15, -0.1) is 0 Å². The van der Waals surface area contributed by atoms with Crippen molar-refractivity contribution in [3.05, 3.63) is 78.1 Å². The van der Waals surface area contributed by atoms with Gasteiger partial charge in [-0.1, -0.05) is 0 Å². The standard InChI is InChI=1S/C29H29N9O2S/c1-32-11-21(9-30)20-7-27(29-22(10-31)13-35-38(29)15-20)19-3-6-28(34-12-19)36-17-24-8-25(18-36)37(24)16-23-4-5-26(14-33-23)41(2,39)40/h3-7,9,11-15,24-25H,8,16-18,30H2,1-2H3. The van der Waals surface area contributed by atoms with Crippen LogP contribution in [0, 0.1) is 11.3 Å². The lowest BCUT2D eigenvalue weighted by molar-refractivity contribution is -0.00969. The zero-order valence-electron chi connectivity index (χ0n) is 22.7. The normalized spacial score (nSPS) is 19.4. The lowest BCUT2D eigenvalue weighted by Crippen LogP contribution is -2.68. The van der Waals surface area contributed by atoms with Crippen molar-refractivity contribution >= 4 is 33.0 Å². The van der Waals surface area contributed by atoms with Gasteiger partial charge in [0.05, 0.1) is 27.9 Å². The monoisotopic (exact) mass is 567 g/mol. The van der Waals surface area contributed by atoms with Crippen LogP contribution < -0.4 is 10.6 Å². The molecule has 0 aromatic carbocycles. The van der Waals surface area contributed by atoms with Crippen molar-refractivity contribution in [3.63, 3.8) is 0 Å². The molecule has 208 valence electrons. The Morgan fingerprint density at radius 1 is 1.17 bits per heavy atom. The zero-order chi connectivity index (χ0) is 28.7. The first-order valence-corrected chi connectivity index (χ1v) is 15.1. The topological polar surface area (TPSA) is 146 Å². The lowest BCUT2D eigenvalue weighted by Gasteiger charge is -2.56. The number of nitrogens with two attached hydrogens (primary N) is 1. The van der Waals surface area contributed by atoms with Gasteiger partial charge in [-0.25, -0.2) is 17.9 Å². The van der Waals surface area contributed by atoms with Crippen LogP contribution in [0.5, 0.6) is 0 Å². The Balaban J connectivity index is 1.21. The first kappa shape index (κ1) is 26.6. The summed E-state index contributed by atoms with van der Waals surface area (Å²) in [7, 11) is -1.57. The quantitative estimate of drug-likeness (QED) is 0.333. The maximum atomic E-state index is 11.7. The van der Waals surface area contributed by atoms with Crippen LogP contribution in [0.25, 0.3) is 22.2 Å². The van der Waals surface area contributed by atoms with Crippen molar-refractivity contribution < 1.29 is 8.42 Å². The molecule has 12 heteroatoms. The van der Waals surface area contributed by atoms with E-state index in [0.717, 1.165) is 53.3 Å². The van der Waals surface area contributed by atoms with E-state index in [1.165, 1.54) is 18.7 Å². The number of fused-ring (bicyclic) bond motifs is 3. The number of hydrogen-bond donors (Lipinski definition) is 1. The van der Waals surface area contributed by atoms with E-state index in [1.54, 1.807) is 36.1 Å². The number of hydrogen-bond acceptors (Lipinski definition) is 10. The highest BCUT2D eigenvalue weighted by atomic mass is 32.2. The molecule has 0 radical (unpaired) electrons. The molecule has 3 aliphatic heterocycles. The van der Waals surface area contributed by atoms with Gasteiger partial charge in [0.1, 0.15) is 11.9 Å². The van der Waals surface area contributed by atoms with E-state index < -0.39 is 9.84 Å². The molecule has 11 nitrogen and oxygen atoms in total. The minimum Gasteiger partial charge on any atom is -0.404 e. The molecule has 41 heavy (non-hydrogen) atoms. The van der Waals surface area contributed by atoms with E-state index in [0.29, 0.717) is 29.7 Å². The molecule has 3 aliphatic rings. The number of sulfone groups is 1. The third-order valence-corrected chi connectivity index (χ3v) is 8.91. The maximum absolute atomic E-state index is 11.7. The van der Waals surface area contributed by atoms with Crippen molar-refractivity contribution in [2.75, 3.05) is 31.3 Å². The third-order valence-electron chi connectivity index (χ3n) is 7.81. The Morgan fingerprint density at radius 3 is 2.59 bits per heavy atom. The first-order chi connectivity index (χ1) is 19.8. The molecule has 2 unspecified atom stereocenters. The summed E-state index contributed by atoms with van der Waals surface area (Å²) in [5, 5.41) is 14.1. The van der Waals surface area contributed by atoms with Crippen molar-refractivity contribution in [2.24, 2.45) is 10.7 Å². The number of piperazine rings is 1. The predicted octanol–water partition coefficient (Wildman–Crippen LogP) is 2.53. The van der Waals surface area contributed by atoms with Gasteiger partial charge in [-0.3, -0.25) is 14.9 Å². The highest BCUT2D eigenvalue weighted by Gasteiger charge is 2.44. The van der Waals surface area contributed by atoms with Crippen LogP contribution >= 0.6 is 0 Å². The second-order valence-electron chi connectivity index (χ2n) is 10.4. The van der Waals surface area contributed by atoms with Gasteiger partial charge in [-0.2, -0.15) is 10.4 Å². The number of nitriles is 1. The van der Waals surface area contributed by atoms with Gasteiger partial charge in [-0.05, 0) is 36.8 Å². The summed E-state index contributed by atoms with van der Waals surface area (Å²) < 4.78 is 25.2. The van der Waals surface area contributed by atoms with Crippen LogP contribution in [0.15, 0.2) is 71.2 Å². The Bertz CT molecular complexity index is 1810. The summed E-state index contributed by atoms with van der Waals surface area (Å²) in [6.07, 6.45) is 12.2. The average Bonchev–Trinajstić information content (AvgIpc) is 3.41. The van der Waals surface area contributed by atoms with Gasteiger partial charge in [0, 0.05) is 98.3 Å². The van der Waals surface area contributed by atoms with Crippen LogP contribution in [0.1, 0.15) is 23.2 Å². The van der Waals surface area contributed by atoms with Crippen LogP contribution in [-0.2, 0) is 16.4 Å². The Hall–Kier alpha value is -4.60. The third kappa shape index (κ3) is 4.94. The molecular weight excluding hydrogens is 538 g/mol. The Labute approximate surface area is 238 Å². The van der Waals surface area contributed by atoms with Crippen LogP contribution in [0.4, 0.5) is 5.82 Å². The van der Waals surface area contributed by atoms with Crippen molar-refractivity contribution in [1.82, 2.24) is 24.5 Å². The van der Waals surface area contributed by atoms with Crippen molar-refractivity contribution in [2.45, 2.75) is 29.9 Å². The molecular formula is C29H29N9O2S. The minimum atomic E-state index is -3.26. The zero-order valence-corrected chi connectivity index (χ0v) is 23.5. The van der Waals surface area contributed by atoms with E-state index in [1.807, 2.05) is 30.6 Å². The fraction of sp³-hybridized carbons (Fsp3) is 0.276. The minimum absolute atomic E-state index is 0.237. The Kier molecular flexibility index (Phi) is 6.76. The van der Waals surface area contributed by atoms with Crippen LogP contribution in [-0.4, -0.2) is 77.6 Å². The maximum Gasteiger partial charge on any atom is 0.177 e. The number of nitrogens with zero attached hydrogens (tertiary/aromatic N) is 8. The molecule has 0 spiro atoms. The van der Waals surface area contributed by atoms with E-state index in [-0.39, 0.29) is 4.90 Å². The molecule has 7 heterocycles. The summed E-state index contributed by atoms with van der Waals surface area (Å²) in [6, 6.07) is 12.5. The van der Waals surface area contributed by atoms with Gasteiger partial charge in [0.2, 0.25) is 0 Å². The first-order valence-electron chi connectivity index (χ1n) is 13.2. The molecule has 0 aliphatic carbocycles. The number of anilines is 1. The second kappa shape index (κ2) is 10.4. The van der Waals surface area contributed by atoms with Gasteiger partial charge in [0.15, 0.2) is 9.84 Å². The molecule has 0 saturated carbocycles. The molecule has 2 N–H and O–H groups in total. The second-order valence-corrected chi connectivity index (χ2v) is 12.4. The smallest absolute Gasteiger partial charge is 0.177 e. The summed E-state index contributed by atoms with van der Waals surface area (Å²) in [5.74, 6) is 0.903. The number of piperidine rings is 1. The molecule has 3 saturated heterocycles. The number of pyridine rings is 3. The fourth-order valence-corrected chi connectivity index (χ4v) is 6.27. The molecule has 0 amide bonds. The summed E-state index contributed by atoms with van der Waals surface area (Å²) in [5.41, 5.74) is 11.2. The van der Waals surface area contributed by atoms with Gasteiger partial charge in [0.25, 0.3) is 0 Å². The van der Waals surface area contributed by atoms with E-state index in [2.05, 4.69) is 30.9 Å². The highest BCUT2D eigenvalue weighted by Crippen LogP contribution is 2.36. The van der Waals surface area contributed by atoms with Crippen molar-refractivity contribution in [1.29, 1.82) is 5.26 Å². The average molecular weight is 568 g/mol. The highest BCUT2D eigenvalue weighted by molar-refractivity contribution is 7.90. The molecule has 2 bridgehead atoms. The van der Waals surface area contributed by atoms with Crippen molar-refractivity contribution in [3.8, 4) is 17.2 Å². The molecule has 4 aromatic heterocycles. The predicted molar refractivity (Wildman–Crippen MR) is 157 cm³/mol. The number of rotatable bonds is 7. The van der Waals surface area contributed by atoms with E-state index in [4.69, 9.17) is 10.7 Å². The fourth-order valence-electron chi connectivity index (χ4n) is 5.71.